The van der Waals surface area contributed by atoms with Crippen molar-refractivity contribution in [1.29, 1.82) is 0 Å². The van der Waals surface area contributed by atoms with E-state index in [1.165, 1.54) is 6.08 Å². The number of ether oxygens (including phenoxy) is 2. The first-order chi connectivity index (χ1) is 10.2. The van der Waals surface area contributed by atoms with Crippen LogP contribution in [0.1, 0.15) is 25.3 Å². The lowest BCUT2D eigenvalue weighted by Crippen LogP contribution is -2.30. The lowest BCUT2D eigenvalue weighted by molar-refractivity contribution is -0.116. The molecule has 1 aliphatic rings. The quantitative estimate of drug-likeness (QED) is 0.799. The zero-order valence-electron chi connectivity index (χ0n) is 12.1. The van der Waals surface area contributed by atoms with Gasteiger partial charge in [-0.25, -0.2) is 0 Å². The normalized spacial score (nSPS) is 18.1. The molecule has 0 aliphatic carbocycles. The molecule has 0 unspecified atom stereocenters. The molecule has 1 aliphatic heterocycles. The molecule has 0 radical (unpaired) electrons. The number of nitrogens with one attached hydrogen (secondary N) is 1. The van der Waals surface area contributed by atoms with E-state index in [2.05, 4.69) is 21.2 Å². The van der Waals surface area contributed by atoms with Crippen LogP contribution in [-0.4, -0.2) is 31.8 Å². The molecule has 1 atom stereocenters. The number of benzene rings is 1. The van der Waals surface area contributed by atoms with Gasteiger partial charge < -0.3 is 14.8 Å². The van der Waals surface area contributed by atoms with Gasteiger partial charge >= 0.3 is 0 Å². The fourth-order valence-corrected chi connectivity index (χ4v) is 2.56. The van der Waals surface area contributed by atoms with Crippen molar-refractivity contribution in [2.45, 2.75) is 25.9 Å². The summed E-state index contributed by atoms with van der Waals surface area (Å²) in [6.07, 6.45) is 5.54. The minimum Gasteiger partial charge on any atom is -0.493 e. The monoisotopic (exact) mass is 353 g/mol. The van der Waals surface area contributed by atoms with Crippen molar-refractivity contribution in [3.63, 3.8) is 0 Å². The van der Waals surface area contributed by atoms with Crippen LogP contribution in [0, 0.1) is 0 Å². The smallest absolute Gasteiger partial charge is 0.244 e. The first-order valence-electron chi connectivity index (χ1n) is 7.19. The third-order valence-corrected chi connectivity index (χ3v) is 3.71. The van der Waals surface area contributed by atoms with E-state index < -0.39 is 0 Å². The zero-order chi connectivity index (χ0) is 15.1. The number of rotatable bonds is 6. The van der Waals surface area contributed by atoms with Crippen LogP contribution < -0.4 is 10.1 Å². The molecule has 1 aromatic rings. The molecule has 0 spiro atoms. The van der Waals surface area contributed by atoms with Gasteiger partial charge in [-0.2, -0.15) is 0 Å². The second-order valence-corrected chi connectivity index (χ2v) is 5.74. The fraction of sp³-hybridized carbons (Fsp3) is 0.438. The Morgan fingerprint density at radius 2 is 2.43 bits per heavy atom. The van der Waals surface area contributed by atoms with Crippen molar-refractivity contribution in [2.24, 2.45) is 0 Å². The summed E-state index contributed by atoms with van der Waals surface area (Å²) < 4.78 is 12.0. The summed E-state index contributed by atoms with van der Waals surface area (Å²) in [6, 6.07) is 5.73. The Hall–Kier alpha value is -1.33. The number of carbonyl (C=O) groups excluding carboxylic acids is 1. The van der Waals surface area contributed by atoms with Gasteiger partial charge in [0.25, 0.3) is 0 Å². The highest BCUT2D eigenvalue weighted by atomic mass is 79.9. The molecule has 5 heteroatoms. The Morgan fingerprint density at radius 1 is 1.57 bits per heavy atom. The number of hydrogen-bond acceptors (Lipinski definition) is 3. The highest BCUT2D eigenvalue weighted by Crippen LogP contribution is 2.24. The van der Waals surface area contributed by atoms with E-state index in [0.717, 1.165) is 35.2 Å². The third-order valence-electron chi connectivity index (χ3n) is 3.21. The van der Waals surface area contributed by atoms with E-state index in [0.29, 0.717) is 13.2 Å². The van der Waals surface area contributed by atoms with Crippen LogP contribution in [0.15, 0.2) is 28.7 Å². The Labute approximate surface area is 133 Å². The van der Waals surface area contributed by atoms with Gasteiger partial charge in [0.2, 0.25) is 5.91 Å². The van der Waals surface area contributed by atoms with Crippen molar-refractivity contribution >= 4 is 27.9 Å². The largest absolute Gasteiger partial charge is 0.493 e. The van der Waals surface area contributed by atoms with E-state index in [-0.39, 0.29) is 12.0 Å². The van der Waals surface area contributed by atoms with E-state index >= 15 is 0 Å². The van der Waals surface area contributed by atoms with Gasteiger partial charge in [0.1, 0.15) is 5.75 Å². The zero-order valence-corrected chi connectivity index (χ0v) is 13.7. The first-order valence-corrected chi connectivity index (χ1v) is 7.98. The number of amides is 1. The van der Waals surface area contributed by atoms with Gasteiger partial charge in [-0.15, -0.1) is 0 Å². The van der Waals surface area contributed by atoms with E-state index in [1.807, 2.05) is 25.1 Å². The molecule has 1 fully saturated rings. The molecule has 1 aromatic carbocycles. The van der Waals surface area contributed by atoms with Crippen LogP contribution in [0.5, 0.6) is 5.75 Å². The number of halogens is 1. The fourth-order valence-electron chi connectivity index (χ4n) is 2.18. The average molecular weight is 354 g/mol. The average Bonchev–Trinajstić information content (AvgIpc) is 2.99. The molecule has 0 aromatic heterocycles. The van der Waals surface area contributed by atoms with Gasteiger partial charge in [0, 0.05) is 29.3 Å². The van der Waals surface area contributed by atoms with Crippen molar-refractivity contribution in [3.8, 4) is 5.75 Å². The maximum atomic E-state index is 11.8. The molecule has 2 rings (SSSR count). The lowest BCUT2D eigenvalue weighted by Gasteiger charge is -2.09. The molecule has 0 saturated carbocycles. The summed E-state index contributed by atoms with van der Waals surface area (Å²) in [5, 5.41) is 2.86. The lowest BCUT2D eigenvalue weighted by atomic mass is 10.2. The predicted octanol–water partition coefficient (Wildman–Crippen LogP) is 3.16. The minimum absolute atomic E-state index is 0.118. The molecular weight excluding hydrogens is 334 g/mol. The highest BCUT2D eigenvalue weighted by Gasteiger charge is 2.15. The molecule has 1 N–H and O–H groups in total. The van der Waals surface area contributed by atoms with Crippen molar-refractivity contribution < 1.29 is 14.3 Å². The van der Waals surface area contributed by atoms with Gasteiger partial charge in [0.15, 0.2) is 0 Å². The molecule has 0 bridgehead atoms. The van der Waals surface area contributed by atoms with Gasteiger partial charge in [-0.3, -0.25) is 4.79 Å². The Morgan fingerprint density at radius 3 is 3.14 bits per heavy atom. The SMILES string of the molecule is CCOc1ccc(Br)cc1/C=C/C(=O)NC[C@H]1CCCO1. The third kappa shape index (κ3) is 5.17. The molecule has 114 valence electrons. The maximum Gasteiger partial charge on any atom is 0.244 e. The van der Waals surface area contributed by atoms with Crippen LogP contribution in [0.25, 0.3) is 6.08 Å². The summed E-state index contributed by atoms with van der Waals surface area (Å²) in [4.78, 5) is 11.8. The minimum atomic E-state index is -0.118. The second kappa shape index (κ2) is 8.20. The molecule has 1 heterocycles. The summed E-state index contributed by atoms with van der Waals surface area (Å²) in [5.74, 6) is 0.650. The van der Waals surface area contributed by atoms with Crippen LogP contribution in [0.3, 0.4) is 0 Å². The van der Waals surface area contributed by atoms with Crippen molar-refractivity contribution in [2.75, 3.05) is 19.8 Å². The molecule has 1 amide bonds. The van der Waals surface area contributed by atoms with Crippen LogP contribution in [-0.2, 0) is 9.53 Å². The first kappa shape index (κ1) is 16.0. The van der Waals surface area contributed by atoms with E-state index in [4.69, 9.17) is 9.47 Å². The van der Waals surface area contributed by atoms with Crippen LogP contribution in [0.4, 0.5) is 0 Å². The predicted molar refractivity (Wildman–Crippen MR) is 86.3 cm³/mol. The van der Waals surface area contributed by atoms with E-state index in [9.17, 15) is 4.79 Å². The summed E-state index contributed by atoms with van der Waals surface area (Å²) in [6.45, 7) is 3.89. The van der Waals surface area contributed by atoms with Crippen molar-refractivity contribution in [3.05, 3.63) is 34.3 Å². The molecule has 21 heavy (non-hydrogen) atoms. The molecule has 4 nitrogen and oxygen atoms in total. The van der Waals surface area contributed by atoms with Gasteiger partial charge in [-0.1, -0.05) is 15.9 Å². The molecular formula is C16H20BrNO3. The Kier molecular flexibility index (Phi) is 6.26. The van der Waals surface area contributed by atoms with Crippen molar-refractivity contribution in [1.82, 2.24) is 5.32 Å². The Bertz CT molecular complexity index is 510. The van der Waals surface area contributed by atoms with Gasteiger partial charge in [-0.05, 0) is 44.0 Å². The van der Waals surface area contributed by atoms with Crippen LogP contribution in [0.2, 0.25) is 0 Å². The standard InChI is InChI=1S/C16H20BrNO3/c1-2-20-15-7-6-13(17)10-12(15)5-8-16(19)18-11-14-4-3-9-21-14/h5-8,10,14H,2-4,9,11H2,1H3,(H,18,19)/b8-5+/t14-/m1/s1. The number of hydrogen-bond donors (Lipinski definition) is 1. The molecule has 1 saturated heterocycles. The van der Waals surface area contributed by atoms with Crippen LogP contribution >= 0.6 is 15.9 Å². The summed E-state index contributed by atoms with van der Waals surface area (Å²) >= 11 is 3.42. The highest BCUT2D eigenvalue weighted by molar-refractivity contribution is 9.10. The number of carbonyl (C=O) groups is 1. The Balaban J connectivity index is 1.92. The second-order valence-electron chi connectivity index (χ2n) is 4.83. The maximum absolute atomic E-state index is 11.8. The van der Waals surface area contributed by atoms with E-state index in [1.54, 1.807) is 6.08 Å². The topological polar surface area (TPSA) is 47.6 Å². The summed E-state index contributed by atoms with van der Waals surface area (Å²) in [5.41, 5.74) is 0.874. The summed E-state index contributed by atoms with van der Waals surface area (Å²) in [7, 11) is 0. The van der Waals surface area contributed by atoms with Gasteiger partial charge in [0.05, 0.1) is 12.7 Å².